The molecule has 1 fully saturated rings. The normalized spacial score (nSPS) is 21.7. The second-order valence-corrected chi connectivity index (χ2v) is 8.66. The third-order valence-corrected chi connectivity index (χ3v) is 6.25. The molecule has 1 N–H and O–H groups in total. The van der Waals surface area contributed by atoms with E-state index in [-0.39, 0.29) is 48.6 Å². The Balaban J connectivity index is 1.19. The Morgan fingerprint density at radius 1 is 1.09 bits per heavy atom. The molecular weight excluding hydrogens is 422 g/mol. The molecule has 3 aliphatic heterocycles. The van der Waals surface area contributed by atoms with Crippen LogP contribution in [-0.2, 0) is 9.57 Å². The smallest absolute Gasteiger partial charge is 0.261 e. The van der Waals surface area contributed by atoms with E-state index < -0.39 is 0 Å². The lowest BCUT2D eigenvalue weighted by molar-refractivity contribution is 0.0475. The van der Waals surface area contributed by atoms with Gasteiger partial charge in [0.25, 0.3) is 17.7 Å². The molecule has 8 nitrogen and oxygen atoms in total. The molecule has 0 unspecified atom stereocenters. The summed E-state index contributed by atoms with van der Waals surface area (Å²) in [5.41, 5.74) is 3.93. The van der Waals surface area contributed by atoms with E-state index in [1.807, 2.05) is 31.2 Å². The molecule has 0 spiro atoms. The summed E-state index contributed by atoms with van der Waals surface area (Å²) in [5, 5.41) is 6.99. The highest BCUT2D eigenvalue weighted by atomic mass is 16.6. The Morgan fingerprint density at radius 3 is 2.64 bits per heavy atom. The fraction of sp³-hybridized carbons (Fsp3) is 0.360. The van der Waals surface area contributed by atoms with Gasteiger partial charge in [-0.3, -0.25) is 19.3 Å². The number of aryl methyl sites for hydroxylation is 1. The number of fused-ring (bicyclic) bond motifs is 1. The summed E-state index contributed by atoms with van der Waals surface area (Å²) in [4.78, 5) is 44.9. The van der Waals surface area contributed by atoms with Crippen molar-refractivity contribution in [2.24, 2.45) is 5.16 Å². The van der Waals surface area contributed by atoms with E-state index in [2.05, 4.69) is 10.5 Å². The van der Waals surface area contributed by atoms with E-state index in [9.17, 15) is 14.4 Å². The van der Waals surface area contributed by atoms with Crippen LogP contribution >= 0.6 is 0 Å². The maximum atomic E-state index is 12.8. The van der Waals surface area contributed by atoms with Crippen LogP contribution in [0.2, 0.25) is 0 Å². The van der Waals surface area contributed by atoms with Crippen molar-refractivity contribution in [3.05, 3.63) is 70.3 Å². The van der Waals surface area contributed by atoms with Crippen molar-refractivity contribution < 1.29 is 24.0 Å². The van der Waals surface area contributed by atoms with Gasteiger partial charge in [-0.1, -0.05) is 35.0 Å². The van der Waals surface area contributed by atoms with Crippen LogP contribution in [0.3, 0.4) is 0 Å². The van der Waals surface area contributed by atoms with Crippen molar-refractivity contribution in [1.82, 2.24) is 10.2 Å². The second-order valence-electron chi connectivity index (χ2n) is 8.66. The summed E-state index contributed by atoms with van der Waals surface area (Å²) in [7, 11) is 0. The molecule has 5 rings (SSSR count). The van der Waals surface area contributed by atoms with Crippen molar-refractivity contribution >= 4 is 23.4 Å². The molecule has 0 aromatic heterocycles. The zero-order valence-corrected chi connectivity index (χ0v) is 18.4. The highest BCUT2D eigenvalue weighted by Crippen LogP contribution is 2.26. The van der Waals surface area contributed by atoms with E-state index >= 15 is 0 Å². The molecule has 0 saturated carbocycles. The summed E-state index contributed by atoms with van der Waals surface area (Å²) >= 11 is 0. The first-order chi connectivity index (χ1) is 16.0. The molecule has 2 aromatic carbocycles. The molecule has 0 radical (unpaired) electrons. The number of nitrogens with zero attached hydrogens (tertiary/aromatic N) is 2. The highest BCUT2D eigenvalue weighted by Gasteiger charge is 2.38. The Morgan fingerprint density at radius 2 is 1.88 bits per heavy atom. The topological polar surface area (TPSA) is 97.3 Å². The fourth-order valence-electron chi connectivity index (χ4n) is 4.35. The van der Waals surface area contributed by atoms with Crippen LogP contribution in [0.25, 0.3) is 0 Å². The van der Waals surface area contributed by atoms with Gasteiger partial charge in [-0.25, -0.2) is 0 Å². The summed E-state index contributed by atoms with van der Waals surface area (Å²) in [6.45, 7) is 3.21. The Hall–Kier alpha value is -3.52. The predicted molar refractivity (Wildman–Crippen MR) is 120 cm³/mol. The van der Waals surface area contributed by atoms with Gasteiger partial charge in [0.05, 0.1) is 36.0 Å². The number of amides is 3. The largest absolute Gasteiger partial charge is 0.390 e. The van der Waals surface area contributed by atoms with Crippen LogP contribution in [0.1, 0.15) is 61.5 Å². The van der Waals surface area contributed by atoms with Crippen LogP contribution in [0.5, 0.6) is 0 Å². The summed E-state index contributed by atoms with van der Waals surface area (Å²) in [6.07, 6.45) is 1.98. The first-order valence-corrected chi connectivity index (χ1v) is 11.2. The molecular formula is C25H25N3O5. The van der Waals surface area contributed by atoms with Crippen LogP contribution < -0.4 is 5.32 Å². The predicted octanol–water partition coefficient (Wildman–Crippen LogP) is 2.69. The minimum atomic E-state index is -0.379. The van der Waals surface area contributed by atoms with Gasteiger partial charge >= 0.3 is 0 Å². The lowest BCUT2D eigenvalue weighted by atomic mass is 10.0. The summed E-state index contributed by atoms with van der Waals surface area (Å²) < 4.78 is 5.56. The molecule has 2 atom stereocenters. The maximum absolute atomic E-state index is 12.8. The number of carbonyl (C=O) groups is 3. The van der Waals surface area contributed by atoms with Gasteiger partial charge in [0.15, 0.2) is 0 Å². The average Bonchev–Trinajstić information content (AvgIpc) is 3.56. The molecule has 8 heteroatoms. The monoisotopic (exact) mass is 447 g/mol. The molecule has 0 aliphatic carbocycles. The van der Waals surface area contributed by atoms with Gasteiger partial charge in [-0.05, 0) is 43.5 Å². The molecule has 170 valence electrons. The first-order valence-electron chi connectivity index (χ1n) is 11.2. The van der Waals surface area contributed by atoms with Crippen LogP contribution in [0, 0.1) is 6.92 Å². The number of hydrogen-bond acceptors (Lipinski definition) is 6. The fourth-order valence-corrected chi connectivity index (χ4v) is 4.35. The molecule has 3 amide bonds. The molecule has 2 aromatic rings. The molecule has 1 saturated heterocycles. The molecule has 3 aliphatic rings. The minimum Gasteiger partial charge on any atom is -0.390 e. The lowest BCUT2D eigenvalue weighted by Gasteiger charge is -2.17. The first kappa shape index (κ1) is 21.3. The maximum Gasteiger partial charge on any atom is 0.261 e. The number of imide groups is 1. The molecule has 0 bridgehead atoms. The Bertz CT molecular complexity index is 1140. The van der Waals surface area contributed by atoms with Gasteiger partial charge in [-0.15, -0.1) is 0 Å². The lowest BCUT2D eigenvalue weighted by Crippen LogP contribution is -2.36. The van der Waals surface area contributed by atoms with E-state index in [0.717, 1.165) is 24.1 Å². The van der Waals surface area contributed by atoms with E-state index in [4.69, 9.17) is 9.57 Å². The zero-order valence-electron chi connectivity index (χ0n) is 18.4. The minimum absolute atomic E-state index is 0.117. The van der Waals surface area contributed by atoms with Gasteiger partial charge in [0.1, 0.15) is 6.10 Å². The van der Waals surface area contributed by atoms with Crippen molar-refractivity contribution in [3.63, 3.8) is 0 Å². The summed E-state index contributed by atoms with van der Waals surface area (Å²) in [5.74, 6) is -1.05. The second kappa shape index (κ2) is 8.78. The third-order valence-electron chi connectivity index (χ3n) is 6.25. The highest BCUT2D eigenvalue weighted by molar-refractivity contribution is 6.22. The number of ether oxygens (including phenoxy) is 1. The van der Waals surface area contributed by atoms with Crippen molar-refractivity contribution in [2.75, 3.05) is 19.7 Å². The molecule has 33 heavy (non-hydrogen) atoms. The number of oxime groups is 1. The number of rotatable bonds is 6. The standard InChI is InChI=1S/C25H25N3O5/c1-15-4-6-16(7-5-15)22-12-19(33-27-22)13-26-23(29)17-8-9-20-21(11-17)25(31)28(24(20)30)14-18-3-2-10-32-18/h4-9,11,18-19H,2-3,10,12-14H2,1H3,(H,26,29)/t18-,19-/m0/s1. The van der Waals surface area contributed by atoms with Crippen LogP contribution in [0.15, 0.2) is 47.6 Å². The SMILES string of the molecule is Cc1ccc(C2=NO[C@H](CNC(=O)c3ccc4c(c3)C(=O)N(C[C@@H]3CCCO3)C4=O)C2)cc1. The molecule has 3 heterocycles. The Labute approximate surface area is 191 Å². The van der Waals surface area contributed by atoms with Gasteiger partial charge in [0, 0.05) is 18.6 Å². The quantitative estimate of drug-likeness (QED) is 0.687. The summed E-state index contributed by atoms with van der Waals surface area (Å²) in [6, 6.07) is 12.7. The number of nitrogens with one attached hydrogen (secondary N) is 1. The third kappa shape index (κ3) is 4.26. The van der Waals surface area contributed by atoms with Crippen molar-refractivity contribution in [3.8, 4) is 0 Å². The van der Waals surface area contributed by atoms with Gasteiger partial charge in [0.2, 0.25) is 0 Å². The van der Waals surface area contributed by atoms with Gasteiger partial charge in [-0.2, -0.15) is 0 Å². The Kier molecular flexibility index (Phi) is 5.68. The van der Waals surface area contributed by atoms with Gasteiger partial charge < -0.3 is 14.9 Å². The van der Waals surface area contributed by atoms with Crippen LogP contribution in [-0.4, -0.2) is 60.2 Å². The number of benzene rings is 2. The van der Waals surface area contributed by atoms with Crippen molar-refractivity contribution in [1.29, 1.82) is 0 Å². The average molecular weight is 447 g/mol. The van der Waals surface area contributed by atoms with Crippen LogP contribution in [0.4, 0.5) is 0 Å². The zero-order chi connectivity index (χ0) is 22.9. The number of hydrogen-bond donors (Lipinski definition) is 1. The number of carbonyl (C=O) groups excluding carboxylic acids is 3. The van der Waals surface area contributed by atoms with E-state index in [0.29, 0.717) is 24.2 Å². The van der Waals surface area contributed by atoms with E-state index in [1.165, 1.54) is 16.5 Å². The van der Waals surface area contributed by atoms with E-state index in [1.54, 1.807) is 12.1 Å². The van der Waals surface area contributed by atoms with Crippen molar-refractivity contribution in [2.45, 2.75) is 38.4 Å².